The van der Waals surface area contributed by atoms with Crippen LogP contribution in [0.15, 0.2) is 126 Å². The summed E-state index contributed by atoms with van der Waals surface area (Å²) in [6.45, 7) is 8.47. The van der Waals surface area contributed by atoms with Gasteiger partial charge in [-0.05, 0) is 146 Å². The van der Waals surface area contributed by atoms with Gasteiger partial charge in [-0.3, -0.25) is 26.1 Å². The number of fused-ring (bicyclic) bond motifs is 2. The van der Waals surface area contributed by atoms with Crippen LogP contribution in [0.4, 0.5) is 11.6 Å². The van der Waals surface area contributed by atoms with Crippen molar-refractivity contribution in [2.75, 3.05) is 10.6 Å². The number of aromatic nitrogens is 6. The molecule has 75 heavy (non-hydrogen) atoms. The molecule has 4 heterocycles. The number of ether oxygens (including phenoxy) is 1. The van der Waals surface area contributed by atoms with Crippen molar-refractivity contribution in [3.63, 3.8) is 0 Å². The number of aromatic amines is 2. The zero-order valence-electron chi connectivity index (χ0n) is 41.6. The first-order chi connectivity index (χ1) is 34.9. The van der Waals surface area contributed by atoms with Crippen molar-refractivity contribution in [3.8, 4) is 0 Å². The molecule has 0 atom stereocenters. The van der Waals surface area contributed by atoms with Gasteiger partial charge in [0.05, 0.1) is 33.8 Å². The van der Waals surface area contributed by atoms with Gasteiger partial charge in [-0.2, -0.15) is 0 Å². The molecule has 2 aliphatic carbocycles. The van der Waals surface area contributed by atoms with Gasteiger partial charge in [-0.25, -0.2) is 19.9 Å². The van der Waals surface area contributed by atoms with Gasteiger partial charge in [0.25, 0.3) is 11.8 Å². The van der Waals surface area contributed by atoms with Crippen molar-refractivity contribution in [2.24, 2.45) is 0 Å². The molecule has 10 rings (SSSR count). The van der Waals surface area contributed by atoms with Crippen molar-refractivity contribution < 1.29 is 48.5 Å². The van der Waals surface area contributed by atoms with Crippen LogP contribution in [0.25, 0.3) is 22.1 Å². The number of pyridine rings is 2. The van der Waals surface area contributed by atoms with E-state index in [1.807, 2.05) is 54.7 Å². The Hall–Kier alpha value is -5.24. The van der Waals surface area contributed by atoms with Crippen LogP contribution in [-0.4, -0.2) is 65.0 Å². The zero-order chi connectivity index (χ0) is 52.5. The summed E-state index contributed by atoms with van der Waals surface area (Å²) < 4.78 is 11.4. The molecule has 0 saturated heterocycles. The first-order valence-corrected chi connectivity index (χ1v) is 24.4. The Morgan fingerprint density at radius 2 is 1.17 bits per heavy atom. The minimum Gasteiger partial charge on any atom is -0.483 e. The molecule has 0 unspecified atom stereocenters. The van der Waals surface area contributed by atoms with Crippen LogP contribution in [0.3, 0.4) is 0 Å². The molecule has 8 aromatic rings. The van der Waals surface area contributed by atoms with Gasteiger partial charge in [-0.1, -0.05) is 85.9 Å². The number of aliphatic carboxylic acids is 1. The second kappa shape index (κ2) is 26.7. The molecule has 4 aromatic heterocycles. The predicted molar refractivity (Wildman–Crippen MR) is 311 cm³/mol. The maximum absolute atomic E-state index is 12.5. The zero-order valence-corrected chi connectivity index (χ0v) is 50.5. The van der Waals surface area contributed by atoms with Gasteiger partial charge in [0.2, 0.25) is 0 Å². The van der Waals surface area contributed by atoms with E-state index in [0.29, 0.717) is 43.9 Å². The van der Waals surface area contributed by atoms with Gasteiger partial charge in [0.1, 0.15) is 35.0 Å². The van der Waals surface area contributed by atoms with Crippen LogP contribution < -0.4 is 10.6 Å². The van der Waals surface area contributed by atoms with Crippen LogP contribution in [0.1, 0.15) is 116 Å². The third-order valence-electron chi connectivity index (χ3n) is 12.4. The van der Waals surface area contributed by atoms with Gasteiger partial charge >= 0.3 is 5.97 Å². The van der Waals surface area contributed by atoms with E-state index >= 15 is 0 Å². The summed E-state index contributed by atoms with van der Waals surface area (Å²) >= 11 is 16.9. The molecule has 390 valence electrons. The molecule has 0 radical (unpaired) electrons. The summed E-state index contributed by atoms with van der Waals surface area (Å²) in [4.78, 5) is 71.9. The minimum atomic E-state index is -0.884. The smallest absolute Gasteiger partial charge is 0.307 e. The summed E-state index contributed by atoms with van der Waals surface area (Å²) in [7, 11) is 0. The quantitative estimate of drug-likeness (QED) is 0.0379. The number of carbonyl (C=O) groups is 4. The average molecular weight is 1350 g/mol. The number of benzene rings is 4. The number of hydrogen-bond acceptors (Lipinski definition) is 9. The number of rotatable bonds is 10. The first-order valence-electron chi connectivity index (χ1n) is 23.3. The van der Waals surface area contributed by atoms with Crippen molar-refractivity contribution in [3.05, 3.63) is 182 Å². The van der Waals surface area contributed by atoms with E-state index in [4.69, 9.17) is 33.8 Å². The number of H-pyrrole nitrogens is 2. The van der Waals surface area contributed by atoms with Crippen molar-refractivity contribution in [1.82, 2.24) is 29.9 Å². The second-order valence-corrected chi connectivity index (χ2v) is 20.2. The maximum Gasteiger partial charge on any atom is 0.307 e. The van der Waals surface area contributed by atoms with Crippen LogP contribution >= 0.6 is 79.9 Å². The number of carboxylic acid groups (broad SMARTS) is 1. The fourth-order valence-electron chi connectivity index (χ4n) is 8.71. The van der Waals surface area contributed by atoms with E-state index in [-0.39, 0.29) is 73.0 Å². The first kappa shape index (κ1) is 60.6. The van der Waals surface area contributed by atoms with E-state index in [1.165, 1.54) is 23.8 Å². The normalized spacial score (nSPS) is 13.7. The standard InChI is InChI=1S/C25H21ClN4O3.C23H18BrClN4O.C6H11O2.CH4.BrH.HI.Zn/c26-18-6-1-5-16(12-18)23(33)29-20-9-8-17(14-27-20)25(10-3-11-25)24-28-19-7-2-4-15(13-21(31)32)22(19)30-24;24-17-6-2-7-18-20(17)29-22(27-18)23(10-3-11-23)15-8-9-19(26-13-15)28-21(30)14-4-1-5-16(25)12-14;1-5(7)8-6(2,3)4;;;;/h1-2,4-9,12,14H,3,10-11,13H2,(H,28,30)(H,31,32)(H,27,29,33);1-2,4-9,12-13H,3,10-11H2,(H,27,29)(H,26,28,30);1H2,2-4H3;1H4;2*1H;/q;;-1;;;;/i/hD. The molecule has 4 aromatic carbocycles. The maximum atomic E-state index is 12.5. The van der Waals surface area contributed by atoms with E-state index in [0.717, 1.165) is 82.3 Å². The molecule has 20 heteroatoms. The Kier molecular flexibility index (Phi) is 21.6. The Morgan fingerprint density at radius 3 is 1.53 bits per heavy atom. The number of halogens is 5. The average Bonchev–Trinajstić information content (AvgIpc) is 3.96. The van der Waals surface area contributed by atoms with Crippen LogP contribution in [0.2, 0.25) is 10.0 Å². The molecule has 0 aliphatic heterocycles. The summed E-state index contributed by atoms with van der Waals surface area (Å²) in [5.41, 5.74) is 6.38. The minimum absolute atomic E-state index is 0. The topological polar surface area (TPSA) is 205 Å². The molecular formula is C55H56Br2Cl2IN8O6Zn-. The third-order valence-corrected chi connectivity index (χ3v) is 13.5. The number of imidazole rings is 2. The summed E-state index contributed by atoms with van der Waals surface area (Å²) in [5.74, 6) is 0.865. The Labute approximate surface area is 494 Å². The largest absolute Gasteiger partial charge is 0.483 e. The fraction of sp³-hybridized carbons (Fsp3) is 0.255. The van der Waals surface area contributed by atoms with E-state index < -0.39 is 17.5 Å². The molecule has 2 amide bonds. The number of hydrogen-bond donors (Lipinski definition) is 5. The molecule has 14 nitrogen and oxygen atoms in total. The Balaban J connectivity index is 0.000000271. The number of nitrogens with zero attached hydrogens (tertiary/aromatic N) is 4. The molecule has 0 spiro atoms. The number of esters is 1. The number of para-hydroxylation sites is 2. The SMILES string of the molecule is Br.C.O=C(Nc1ccc(C2(c3nc4c(Br)cccc4[nH]3)CCC2)cn1)c1cccc(Cl)c1.O=C(O)Cc1cccc2[nH]c(C3(c4ccc(NC(=O)c5cccc(Cl)c5)nc4)CCC3)nc12.[2H]I.[CH2-]C(=O)OC(C)(C)C.[Zn]. The fourth-order valence-corrected chi connectivity index (χ4v) is 9.55. The van der Waals surface area contributed by atoms with Gasteiger partial charge in [0, 0.05) is 57.5 Å². The van der Waals surface area contributed by atoms with Gasteiger partial charge in [-0.15, -0.1) is 40.8 Å². The molecule has 5 N–H and O–H groups in total. The summed E-state index contributed by atoms with van der Waals surface area (Å²) in [5, 5.41) is 15.9. The predicted octanol–water partition coefficient (Wildman–Crippen LogP) is 14.0. The number of anilines is 2. The molecule has 2 aliphatic rings. The number of amides is 2. The van der Waals surface area contributed by atoms with Crippen molar-refractivity contribution in [2.45, 2.75) is 89.6 Å². The van der Waals surface area contributed by atoms with Gasteiger partial charge in [0.15, 0.2) is 5.97 Å². The molecule has 2 saturated carbocycles. The van der Waals surface area contributed by atoms with E-state index in [1.54, 1.807) is 87.6 Å². The van der Waals surface area contributed by atoms with E-state index in [2.05, 4.69) is 58.2 Å². The van der Waals surface area contributed by atoms with Crippen molar-refractivity contribution in [1.29, 1.82) is 0.594 Å². The van der Waals surface area contributed by atoms with Crippen LogP contribution in [0, 0.1) is 6.92 Å². The van der Waals surface area contributed by atoms with Crippen LogP contribution in [0.5, 0.6) is 0 Å². The number of carbonyl (C=O) groups excluding carboxylic acids is 3. The molecule has 2 fully saturated rings. The van der Waals surface area contributed by atoms with Crippen LogP contribution in [-0.2, 0) is 51.1 Å². The van der Waals surface area contributed by atoms with Gasteiger partial charge < -0.3 is 30.4 Å². The molecular weight excluding hydrogens is 1290 g/mol. The molecule has 0 bridgehead atoms. The Morgan fingerprint density at radius 1 is 0.733 bits per heavy atom. The van der Waals surface area contributed by atoms with Crippen molar-refractivity contribution >= 4 is 137 Å². The second-order valence-electron chi connectivity index (χ2n) is 18.4. The van der Waals surface area contributed by atoms with E-state index in [9.17, 15) is 24.3 Å². The third kappa shape index (κ3) is 14.8. The number of carboxylic acids is 1. The summed E-state index contributed by atoms with van der Waals surface area (Å²) in [6.07, 6.45) is 9.61. The Bertz CT molecular complexity index is 3280. The monoisotopic (exact) mass is 1340 g/mol. The summed E-state index contributed by atoms with van der Waals surface area (Å²) in [6, 6.07) is 32.8. The number of nitrogens with one attached hydrogen (secondary N) is 4.